The molecule has 1 heterocycles. The number of carbonyl (C=O) groups is 2. The standard InChI is InChI=1S/C16H22N2O4S/c1-18(14-9-11-23(21,22)12-14)16(20)15(19)17-10-5-8-13-6-3-2-4-7-13/h2-4,6-7,14H,5,8-12H2,1H3,(H,17,19). The smallest absolute Gasteiger partial charge is 0.311 e. The van der Waals surface area contributed by atoms with Crippen LogP contribution >= 0.6 is 0 Å². The Bertz CT molecular complexity index is 658. The fourth-order valence-electron chi connectivity index (χ4n) is 2.62. The molecule has 1 aromatic rings. The van der Waals surface area contributed by atoms with E-state index in [0.717, 1.165) is 12.8 Å². The molecule has 6 nitrogen and oxygen atoms in total. The number of likely N-dealkylation sites (N-methyl/N-ethyl adjacent to an activating group) is 1. The fourth-order valence-corrected chi connectivity index (χ4v) is 4.40. The molecule has 0 saturated carbocycles. The molecule has 0 aliphatic carbocycles. The normalized spacial score (nSPS) is 19.3. The van der Waals surface area contributed by atoms with Gasteiger partial charge in [-0.25, -0.2) is 8.42 Å². The summed E-state index contributed by atoms with van der Waals surface area (Å²) < 4.78 is 22.9. The third-order valence-electron chi connectivity index (χ3n) is 4.04. The van der Waals surface area contributed by atoms with Crippen molar-refractivity contribution in [1.29, 1.82) is 0 Å². The van der Waals surface area contributed by atoms with Gasteiger partial charge in [-0.1, -0.05) is 30.3 Å². The summed E-state index contributed by atoms with van der Waals surface area (Å²) in [5.41, 5.74) is 1.18. The van der Waals surface area contributed by atoms with Crippen molar-refractivity contribution in [1.82, 2.24) is 10.2 Å². The zero-order valence-electron chi connectivity index (χ0n) is 13.2. The van der Waals surface area contributed by atoms with Gasteiger partial charge in [0.15, 0.2) is 9.84 Å². The summed E-state index contributed by atoms with van der Waals surface area (Å²) in [7, 11) is -1.59. The Hall–Kier alpha value is -1.89. The van der Waals surface area contributed by atoms with Crippen LogP contribution in [0.1, 0.15) is 18.4 Å². The summed E-state index contributed by atoms with van der Waals surface area (Å²) >= 11 is 0. The summed E-state index contributed by atoms with van der Waals surface area (Å²) in [5.74, 6) is -1.33. The highest BCUT2D eigenvalue weighted by Crippen LogP contribution is 2.16. The summed E-state index contributed by atoms with van der Waals surface area (Å²) in [6.07, 6.45) is 1.96. The minimum absolute atomic E-state index is 0.0590. The van der Waals surface area contributed by atoms with Gasteiger partial charge < -0.3 is 10.2 Å². The predicted octanol–water partition coefficient (Wildman–Crippen LogP) is 0.381. The zero-order valence-corrected chi connectivity index (χ0v) is 14.0. The average Bonchev–Trinajstić information content (AvgIpc) is 2.91. The van der Waals surface area contributed by atoms with Crippen LogP contribution in [0.5, 0.6) is 0 Å². The molecule has 1 N–H and O–H groups in total. The van der Waals surface area contributed by atoms with Gasteiger partial charge in [0.25, 0.3) is 0 Å². The van der Waals surface area contributed by atoms with Gasteiger partial charge in [0.05, 0.1) is 11.5 Å². The Morgan fingerprint density at radius 3 is 2.57 bits per heavy atom. The number of hydrogen-bond donors (Lipinski definition) is 1. The Morgan fingerprint density at radius 1 is 1.26 bits per heavy atom. The summed E-state index contributed by atoms with van der Waals surface area (Å²) in [6.45, 7) is 0.413. The van der Waals surface area contributed by atoms with E-state index in [-0.39, 0.29) is 11.5 Å². The lowest BCUT2D eigenvalue weighted by molar-refractivity contribution is -0.146. The molecule has 1 saturated heterocycles. The Balaban J connectivity index is 1.73. The van der Waals surface area contributed by atoms with Gasteiger partial charge in [-0.3, -0.25) is 9.59 Å². The van der Waals surface area contributed by atoms with Crippen molar-refractivity contribution in [3.8, 4) is 0 Å². The molecule has 1 aliphatic rings. The Kier molecular flexibility index (Phi) is 5.76. The molecule has 1 unspecified atom stereocenters. The number of carbonyl (C=O) groups excluding carboxylic acids is 2. The van der Waals surface area contributed by atoms with E-state index in [1.807, 2.05) is 30.3 Å². The molecular formula is C16H22N2O4S. The van der Waals surface area contributed by atoms with Crippen LogP contribution in [0, 0.1) is 0 Å². The fraction of sp³-hybridized carbons (Fsp3) is 0.500. The lowest BCUT2D eigenvalue weighted by Crippen LogP contribution is -2.46. The van der Waals surface area contributed by atoms with Crippen molar-refractivity contribution in [3.05, 3.63) is 35.9 Å². The van der Waals surface area contributed by atoms with Crippen LogP contribution < -0.4 is 5.32 Å². The second-order valence-electron chi connectivity index (χ2n) is 5.82. The van der Waals surface area contributed by atoms with Gasteiger partial charge in [0, 0.05) is 19.6 Å². The molecule has 1 atom stereocenters. The van der Waals surface area contributed by atoms with Crippen molar-refractivity contribution in [2.24, 2.45) is 0 Å². The highest BCUT2D eigenvalue weighted by atomic mass is 32.2. The number of rotatable bonds is 5. The zero-order chi connectivity index (χ0) is 16.9. The lowest BCUT2D eigenvalue weighted by atomic mass is 10.1. The first kappa shape index (κ1) is 17.5. The molecule has 0 aromatic heterocycles. The molecule has 0 bridgehead atoms. The van der Waals surface area contributed by atoms with Gasteiger partial charge in [-0.05, 0) is 24.8 Å². The minimum Gasteiger partial charge on any atom is -0.348 e. The average molecular weight is 338 g/mol. The van der Waals surface area contributed by atoms with Crippen molar-refractivity contribution in [2.45, 2.75) is 25.3 Å². The highest BCUT2D eigenvalue weighted by molar-refractivity contribution is 7.91. The van der Waals surface area contributed by atoms with Gasteiger partial charge in [-0.15, -0.1) is 0 Å². The molecule has 1 aliphatic heterocycles. The van der Waals surface area contributed by atoms with Crippen molar-refractivity contribution < 1.29 is 18.0 Å². The van der Waals surface area contributed by atoms with Crippen molar-refractivity contribution in [2.75, 3.05) is 25.1 Å². The molecule has 1 fully saturated rings. The Labute approximate surface area is 136 Å². The van der Waals surface area contributed by atoms with Crippen LogP contribution in [0.2, 0.25) is 0 Å². The first-order valence-electron chi connectivity index (χ1n) is 7.68. The first-order chi connectivity index (χ1) is 10.9. The number of nitrogens with zero attached hydrogens (tertiary/aromatic N) is 1. The summed E-state index contributed by atoms with van der Waals surface area (Å²) in [5, 5.41) is 2.60. The van der Waals surface area contributed by atoms with Crippen LogP contribution in [-0.2, 0) is 25.8 Å². The summed E-state index contributed by atoms with van der Waals surface area (Å²) in [6, 6.07) is 9.50. The van der Waals surface area contributed by atoms with Crippen LogP contribution in [0.4, 0.5) is 0 Å². The molecule has 0 spiro atoms. The number of benzene rings is 1. The Morgan fingerprint density at radius 2 is 1.96 bits per heavy atom. The van der Waals surface area contributed by atoms with E-state index in [2.05, 4.69) is 5.32 Å². The number of sulfone groups is 1. The van der Waals surface area contributed by atoms with Gasteiger partial charge in [0.1, 0.15) is 0 Å². The first-order valence-corrected chi connectivity index (χ1v) is 9.50. The molecule has 1 aromatic carbocycles. The van der Waals surface area contributed by atoms with E-state index in [1.165, 1.54) is 17.5 Å². The van der Waals surface area contributed by atoms with Gasteiger partial charge >= 0.3 is 11.8 Å². The third kappa shape index (κ3) is 5.06. The minimum atomic E-state index is -3.08. The SMILES string of the molecule is CN(C(=O)C(=O)NCCCc1ccccc1)C1CCS(=O)(=O)C1. The maximum atomic E-state index is 12.0. The van der Waals surface area contributed by atoms with E-state index < -0.39 is 27.7 Å². The van der Waals surface area contributed by atoms with Gasteiger partial charge in [0.2, 0.25) is 0 Å². The highest BCUT2D eigenvalue weighted by Gasteiger charge is 2.34. The maximum Gasteiger partial charge on any atom is 0.311 e. The lowest BCUT2D eigenvalue weighted by Gasteiger charge is -2.22. The van der Waals surface area contributed by atoms with E-state index in [9.17, 15) is 18.0 Å². The number of nitrogens with one attached hydrogen (secondary N) is 1. The van der Waals surface area contributed by atoms with Crippen molar-refractivity contribution in [3.63, 3.8) is 0 Å². The molecule has 7 heteroatoms. The molecule has 126 valence electrons. The maximum absolute atomic E-state index is 12.0. The molecule has 2 rings (SSSR count). The quantitative estimate of drug-likeness (QED) is 0.621. The summed E-state index contributed by atoms with van der Waals surface area (Å²) in [4.78, 5) is 25.1. The molecular weight excluding hydrogens is 316 g/mol. The molecule has 23 heavy (non-hydrogen) atoms. The van der Waals surface area contributed by atoms with E-state index in [4.69, 9.17) is 0 Å². The van der Waals surface area contributed by atoms with Crippen LogP contribution in [0.25, 0.3) is 0 Å². The van der Waals surface area contributed by atoms with E-state index in [0.29, 0.717) is 13.0 Å². The molecule has 2 amide bonds. The second-order valence-corrected chi connectivity index (χ2v) is 8.05. The second kappa shape index (κ2) is 7.59. The van der Waals surface area contributed by atoms with Crippen LogP contribution in [-0.4, -0.2) is 56.3 Å². The monoisotopic (exact) mass is 338 g/mol. The number of amides is 2. The molecule has 0 radical (unpaired) electrons. The van der Waals surface area contributed by atoms with E-state index in [1.54, 1.807) is 0 Å². The van der Waals surface area contributed by atoms with Crippen molar-refractivity contribution >= 4 is 21.7 Å². The number of hydrogen-bond acceptors (Lipinski definition) is 4. The topological polar surface area (TPSA) is 83.6 Å². The van der Waals surface area contributed by atoms with Crippen LogP contribution in [0.15, 0.2) is 30.3 Å². The van der Waals surface area contributed by atoms with E-state index >= 15 is 0 Å². The number of aryl methyl sites for hydroxylation is 1. The van der Waals surface area contributed by atoms with Gasteiger partial charge in [-0.2, -0.15) is 0 Å². The largest absolute Gasteiger partial charge is 0.348 e. The predicted molar refractivity (Wildman–Crippen MR) is 87.6 cm³/mol. The van der Waals surface area contributed by atoms with Crippen LogP contribution in [0.3, 0.4) is 0 Å². The third-order valence-corrected chi connectivity index (χ3v) is 5.79.